The molecule has 28 heavy (non-hydrogen) atoms. The predicted molar refractivity (Wildman–Crippen MR) is 106 cm³/mol. The molecule has 0 aliphatic carbocycles. The zero-order valence-corrected chi connectivity index (χ0v) is 16.2. The largest absolute Gasteiger partial charge is 0.494 e. The Bertz CT molecular complexity index is 797. The number of Topliss-reactive ketones (excluding diaryl/α,β-unsaturated/α-hetero) is 1. The van der Waals surface area contributed by atoms with Crippen molar-refractivity contribution in [3.05, 3.63) is 65.2 Å². The summed E-state index contributed by atoms with van der Waals surface area (Å²) in [7, 11) is 1.29. The van der Waals surface area contributed by atoms with Crippen LogP contribution in [0.3, 0.4) is 0 Å². The number of benzene rings is 2. The molecule has 0 bridgehead atoms. The van der Waals surface area contributed by atoms with E-state index in [-0.39, 0.29) is 18.2 Å². The fourth-order valence-electron chi connectivity index (χ4n) is 2.52. The van der Waals surface area contributed by atoms with Crippen molar-refractivity contribution in [1.29, 1.82) is 0 Å². The van der Waals surface area contributed by atoms with Gasteiger partial charge in [0, 0.05) is 11.1 Å². The molecule has 1 N–H and O–H groups in total. The molecule has 6 heteroatoms. The van der Waals surface area contributed by atoms with Gasteiger partial charge in [0.05, 0.1) is 25.8 Å². The van der Waals surface area contributed by atoms with Gasteiger partial charge in [0.15, 0.2) is 5.78 Å². The van der Waals surface area contributed by atoms with Crippen LogP contribution in [0.5, 0.6) is 5.75 Å². The number of nitrogens with one attached hydrogen (secondary N) is 1. The number of carbonyl (C=O) groups excluding carboxylic acids is 3. The molecule has 148 valence electrons. The molecule has 0 unspecified atom stereocenters. The number of hydrogen-bond donors (Lipinski definition) is 1. The lowest BCUT2D eigenvalue weighted by molar-refractivity contribution is 0.0600. The third-order valence-corrected chi connectivity index (χ3v) is 4.17. The van der Waals surface area contributed by atoms with Crippen molar-refractivity contribution in [2.24, 2.45) is 0 Å². The van der Waals surface area contributed by atoms with E-state index in [2.05, 4.69) is 17.0 Å². The van der Waals surface area contributed by atoms with Gasteiger partial charge in [-0.1, -0.05) is 19.8 Å². The Morgan fingerprint density at radius 1 is 0.857 bits per heavy atom. The summed E-state index contributed by atoms with van der Waals surface area (Å²) in [6.45, 7) is 2.68. The van der Waals surface area contributed by atoms with Crippen LogP contribution in [0.25, 0.3) is 0 Å². The molecule has 1 amide bonds. The molecule has 0 aromatic heterocycles. The monoisotopic (exact) mass is 383 g/mol. The van der Waals surface area contributed by atoms with Crippen LogP contribution < -0.4 is 10.1 Å². The third-order valence-electron chi connectivity index (χ3n) is 4.17. The maximum atomic E-state index is 12.3. The number of unbranched alkanes of at least 4 members (excludes halogenated alkanes) is 2. The molecular formula is C22H25NO5. The third kappa shape index (κ3) is 6.23. The van der Waals surface area contributed by atoms with Crippen molar-refractivity contribution in [1.82, 2.24) is 5.32 Å². The number of hydrogen-bond acceptors (Lipinski definition) is 5. The van der Waals surface area contributed by atoms with Crippen LogP contribution in [0.15, 0.2) is 48.5 Å². The van der Waals surface area contributed by atoms with Crippen LogP contribution in [-0.2, 0) is 4.74 Å². The van der Waals surface area contributed by atoms with Crippen molar-refractivity contribution < 1.29 is 23.9 Å². The SMILES string of the molecule is CCCCCOc1ccc(C(=O)CNC(=O)c2ccc(C(=O)OC)cc2)cc1. The van der Waals surface area contributed by atoms with Crippen molar-refractivity contribution in [2.45, 2.75) is 26.2 Å². The highest BCUT2D eigenvalue weighted by atomic mass is 16.5. The second-order valence-electron chi connectivity index (χ2n) is 6.25. The van der Waals surface area contributed by atoms with Crippen molar-refractivity contribution in [2.75, 3.05) is 20.3 Å². The van der Waals surface area contributed by atoms with Crippen molar-refractivity contribution in [3.63, 3.8) is 0 Å². The molecule has 0 radical (unpaired) electrons. The molecule has 0 saturated heterocycles. The molecule has 6 nitrogen and oxygen atoms in total. The van der Waals surface area contributed by atoms with Gasteiger partial charge in [-0.25, -0.2) is 4.79 Å². The van der Waals surface area contributed by atoms with Gasteiger partial charge in [-0.15, -0.1) is 0 Å². The van der Waals surface area contributed by atoms with E-state index < -0.39 is 5.97 Å². The summed E-state index contributed by atoms with van der Waals surface area (Å²) < 4.78 is 10.2. The maximum absolute atomic E-state index is 12.3. The maximum Gasteiger partial charge on any atom is 0.337 e. The lowest BCUT2D eigenvalue weighted by atomic mass is 10.1. The zero-order chi connectivity index (χ0) is 20.4. The Balaban J connectivity index is 1.84. The van der Waals surface area contributed by atoms with Crippen LogP contribution in [-0.4, -0.2) is 37.9 Å². The highest BCUT2D eigenvalue weighted by Gasteiger charge is 2.11. The first-order valence-corrected chi connectivity index (χ1v) is 9.27. The Morgan fingerprint density at radius 3 is 2.07 bits per heavy atom. The molecule has 0 aliphatic heterocycles. The summed E-state index contributed by atoms with van der Waals surface area (Å²) >= 11 is 0. The highest BCUT2D eigenvalue weighted by molar-refractivity contribution is 6.02. The quantitative estimate of drug-likeness (QED) is 0.385. The number of rotatable bonds is 10. The number of esters is 1. The number of ether oxygens (including phenoxy) is 2. The number of carbonyl (C=O) groups is 3. The lowest BCUT2D eigenvalue weighted by Crippen LogP contribution is -2.29. The molecule has 0 saturated carbocycles. The Morgan fingerprint density at radius 2 is 1.46 bits per heavy atom. The molecule has 0 aliphatic rings. The molecular weight excluding hydrogens is 358 g/mol. The van der Waals surface area contributed by atoms with Gasteiger partial charge in [-0.3, -0.25) is 9.59 Å². The van der Waals surface area contributed by atoms with Crippen LogP contribution in [0.1, 0.15) is 57.3 Å². The molecule has 0 spiro atoms. The summed E-state index contributed by atoms with van der Waals surface area (Å²) in [5, 5.41) is 2.59. The smallest absolute Gasteiger partial charge is 0.337 e. The molecule has 2 rings (SSSR count). The summed E-state index contributed by atoms with van der Waals surface area (Å²) in [5.41, 5.74) is 1.21. The van der Waals surface area contributed by atoms with Crippen LogP contribution in [0, 0.1) is 0 Å². The van der Waals surface area contributed by atoms with E-state index in [1.165, 1.54) is 31.4 Å². The Kier molecular flexibility index (Phi) is 8.21. The first-order valence-electron chi connectivity index (χ1n) is 9.27. The van der Waals surface area contributed by atoms with Crippen molar-refractivity contribution >= 4 is 17.7 Å². The molecule has 2 aromatic carbocycles. The lowest BCUT2D eigenvalue weighted by Gasteiger charge is -2.08. The second kappa shape index (κ2) is 10.9. The van der Waals surface area contributed by atoms with Gasteiger partial charge in [-0.2, -0.15) is 0 Å². The van der Waals surface area contributed by atoms with Gasteiger partial charge in [-0.05, 0) is 55.0 Å². The second-order valence-corrected chi connectivity index (χ2v) is 6.25. The fraction of sp³-hybridized carbons (Fsp3) is 0.318. The van der Waals surface area contributed by atoms with Crippen LogP contribution in [0.2, 0.25) is 0 Å². The summed E-state index contributed by atoms with van der Waals surface area (Å²) in [5.74, 6) is -0.333. The number of ketones is 1. The Labute approximate surface area is 164 Å². The normalized spacial score (nSPS) is 10.2. The fourth-order valence-corrected chi connectivity index (χ4v) is 2.52. The Hall–Kier alpha value is -3.15. The standard InChI is InChI=1S/C22H25NO5/c1-3-4-5-14-28-19-12-10-16(11-13-19)20(24)15-23-21(25)17-6-8-18(9-7-17)22(26)27-2/h6-13H,3-5,14-15H2,1-2H3,(H,23,25). The zero-order valence-electron chi connectivity index (χ0n) is 16.2. The average molecular weight is 383 g/mol. The van der Waals surface area contributed by atoms with E-state index >= 15 is 0 Å². The minimum Gasteiger partial charge on any atom is -0.494 e. The number of amides is 1. The minimum absolute atomic E-state index is 0.117. The number of methoxy groups -OCH3 is 1. The van der Waals surface area contributed by atoms with Gasteiger partial charge in [0.25, 0.3) is 5.91 Å². The van der Waals surface area contributed by atoms with E-state index in [9.17, 15) is 14.4 Å². The summed E-state index contributed by atoms with van der Waals surface area (Å²) in [4.78, 5) is 35.8. The average Bonchev–Trinajstić information content (AvgIpc) is 2.74. The van der Waals surface area contributed by atoms with Crippen LogP contribution in [0.4, 0.5) is 0 Å². The van der Waals surface area contributed by atoms with Crippen molar-refractivity contribution in [3.8, 4) is 5.75 Å². The van der Waals surface area contributed by atoms with Gasteiger partial charge >= 0.3 is 5.97 Å². The molecule has 0 fully saturated rings. The highest BCUT2D eigenvalue weighted by Crippen LogP contribution is 2.13. The minimum atomic E-state index is -0.472. The van der Waals surface area contributed by atoms with E-state index in [4.69, 9.17) is 4.74 Å². The summed E-state index contributed by atoms with van der Waals surface area (Å²) in [6.07, 6.45) is 3.27. The predicted octanol–water partition coefficient (Wildman–Crippen LogP) is 3.65. The summed E-state index contributed by atoms with van der Waals surface area (Å²) in [6, 6.07) is 12.9. The van der Waals surface area contributed by atoms with Gasteiger partial charge < -0.3 is 14.8 Å². The molecule has 0 atom stereocenters. The first kappa shape index (κ1) is 21.2. The molecule has 0 heterocycles. The van der Waals surface area contributed by atoms with E-state index in [0.717, 1.165) is 25.0 Å². The van der Waals surface area contributed by atoms with E-state index in [0.29, 0.717) is 23.3 Å². The van der Waals surface area contributed by atoms with E-state index in [1.807, 2.05) is 0 Å². The van der Waals surface area contributed by atoms with Crippen LogP contribution >= 0.6 is 0 Å². The van der Waals surface area contributed by atoms with Gasteiger partial charge in [0.2, 0.25) is 0 Å². The molecule has 2 aromatic rings. The van der Waals surface area contributed by atoms with Gasteiger partial charge in [0.1, 0.15) is 5.75 Å². The first-order chi connectivity index (χ1) is 13.5. The topological polar surface area (TPSA) is 81.7 Å². The van der Waals surface area contributed by atoms with E-state index in [1.54, 1.807) is 24.3 Å².